The number of amides is 2. The average Bonchev–Trinajstić information content (AvgIpc) is 3.54. The van der Waals surface area contributed by atoms with Crippen molar-refractivity contribution in [3.05, 3.63) is 77.6 Å². The van der Waals surface area contributed by atoms with Gasteiger partial charge in [-0.25, -0.2) is 0 Å². The second-order valence-corrected chi connectivity index (χ2v) is 13.2. The van der Waals surface area contributed by atoms with Crippen LogP contribution in [-0.4, -0.2) is 97.5 Å². The van der Waals surface area contributed by atoms with Gasteiger partial charge in [-0.3, -0.25) is 19.1 Å². The molecule has 2 aliphatic heterocycles. The van der Waals surface area contributed by atoms with Crippen molar-refractivity contribution in [2.45, 2.75) is 46.1 Å². The molecule has 49 heavy (non-hydrogen) atoms. The van der Waals surface area contributed by atoms with Crippen molar-refractivity contribution in [3.63, 3.8) is 0 Å². The van der Waals surface area contributed by atoms with Crippen LogP contribution in [0.2, 0.25) is 0 Å². The molecule has 0 spiro atoms. The number of piperazine rings is 1. The Morgan fingerprint density at radius 2 is 1.49 bits per heavy atom. The number of hydrogen-bond donors (Lipinski definition) is 4. The van der Waals surface area contributed by atoms with Gasteiger partial charge in [-0.15, -0.1) is 10.2 Å². The van der Waals surface area contributed by atoms with Gasteiger partial charge >= 0.3 is 0 Å². The highest BCUT2D eigenvalue weighted by Gasteiger charge is 2.31. The fourth-order valence-electron chi connectivity index (χ4n) is 6.78. The number of phenolic OH excluding ortho intramolecular Hbond substituents is 3. The van der Waals surface area contributed by atoms with Crippen molar-refractivity contribution in [1.29, 1.82) is 0 Å². The molecule has 0 atom stereocenters. The number of piperidine rings is 1. The Morgan fingerprint density at radius 1 is 0.837 bits per heavy atom. The Hall–Kier alpha value is -5.10. The molecule has 6 rings (SSSR count). The first-order valence-electron chi connectivity index (χ1n) is 17.1. The molecule has 3 aromatic carbocycles. The summed E-state index contributed by atoms with van der Waals surface area (Å²) < 4.78 is 1.63. The third-order valence-electron chi connectivity index (χ3n) is 9.56. The maximum Gasteiger partial charge on any atom is 0.289 e. The molecule has 258 valence electrons. The Kier molecular flexibility index (Phi) is 10.0. The van der Waals surface area contributed by atoms with Gasteiger partial charge in [0.15, 0.2) is 5.82 Å². The molecule has 2 saturated heterocycles. The summed E-state index contributed by atoms with van der Waals surface area (Å²) in [5.41, 5.74) is 3.84. The SMILES string of the molecule is CCNC(=O)c1nnc(-c2cc(C(C)C)c(O)cc2O)n1-c1ccc(CN2CCC(C(=O)N3CCN(c4ccc(O)cc4)CC3)CC2)cc1. The molecule has 0 bridgehead atoms. The normalized spacial score (nSPS) is 15.9. The Balaban J connectivity index is 1.10. The summed E-state index contributed by atoms with van der Waals surface area (Å²) in [5.74, 6) is 0.370. The van der Waals surface area contributed by atoms with E-state index in [0.29, 0.717) is 42.3 Å². The van der Waals surface area contributed by atoms with Crippen LogP contribution in [-0.2, 0) is 11.3 Å². The number of aromatic nitrogens is 3. The lowest BCUT2D eigenvalue weighted by Gasteiger charge is -2.39. The van der Waals surface area contributed by atoms with Gasteiger partial charge in [0, 0.05) is 62.6 Å². The van der Waals surface area contributed by atoms with E-state index in [2.05, 4.69) is 25.3 Å². The second-order valence-electron chi connectivity index (χ2n) is 13.2. The molecular weight excluding hydrogens is 622 g/mol. The molecule has 0 saturated carbocycles. The summed E-state index contributed by atoms with van der Waals surface area (Å²) in [6.07, 6.45) is 1.65. The van der Waals surface area contributed by atoms with Crippen LogP contribution in [0.5, 0.6) is 17.2 Å². The molecule has 1 aromatic heterocycles. The van der Waals surface area contributed by atoms with E-state index in [-0.39, 0.29) is 46.7 Å². The first kappa shape index (κ1) is 33.8. The zero-order chi connectivity index (χ0) is 34.7. The van der Waals surface area contributed by atoms with E-state index in [0.717, 1.165) is 56.8 Å². The Morgan fingerprint density at radius 3 is 2.12 bits per heavy atom. The number of phenols is 3. The van der Waals surface area contributed by atoms with Crippen LogP contribution in [0.25, 0.3) is 17.1 Å². The minimum atomic E-state index is -0.385. The molecule has 4 N–H and O–H groups in total. The van der Waals surface area contributed by atoms with Gasteiger partial charge in [0.05, 0.1) is 5.56 Å². The molecular formula is C37H45N7O5. The second kappa shape index (κ2) is 14.6. The van der Waals surface area contributed by atoms with Crippen LogP contribution in [0, 0.1) is 5.92 Å². The quantitative estimate of drug-likeness (QED) is 0.203. The van der Waals surface area contributed by atoms with E-state index in [9.17, 15) is 24.9 Å². The maximum absolute atomic E-state index is 13.4. The number of carbonyl (C=O) groups is 2. The summed E-state index contributed by atoms with van der Waals surface area (Å²) >= 11 is 0. The first-order chi connectivity index (χ1) is 23.6. The summed E-state index contributed by atoms with van der Waals surface area (Å²) in [7, 11) is 0. The molecule has 2 fully saturated rings. The minimum Gasteiger partial charge on any atom is -0.508 e. The smallest absolute Gasteiger partial charge is 0.289 e. The van der Waals surface area contributed by atoms with Crippen molar-refractivity contribution in [1.82, 2.24) is 29.9 Å². The van der Waals surface area contributed by atoms with Crippen LogP contribution in [0.15, 0.2) is 60.7 Å². The Bertz CT molecular complexity index is 1770. The average molecular weight is 668 g/mol. The highest BCUT2D eigenvalue weighted by molar-refractivity contribution is 5.92. The number of rotatable bonds is 9. The van der Waals surface area contributed by atoms with E-state index in [1.54, 1.807) is 22.8 Å². The summed E-state index contributed by atoms with van der Waals surface area (Å²) in [6, 6.07) is 18.1. The predicted octanol–water partition coefficient (Wildman–Crippen LogP) is 4.49. The lowest BCUT2D eigenvalue weighted by atomic mass is 9.94. The molecule has 12 heteroatoms. The van der Waals surface area contributed by atoms with E-state index < -0.39 is 0 Å². The maximum atomic E-state index is 13.4. The Labute approximate surface area is 286 Å². The predicted molar refractivity (Wildman–Crippen MR) is 187 cm³/mol. The molecule has 0 radical (unpaired) electrons. The fourth-order valence-corrected chi connectivity index (χ4v) is 6.78. The zero-order valence-electron chi connectivity index (χ0n) is 28.3. The van der Waals surface area contributed by atoms with Crippen LogP contribution < -0.4 is 10.2 Å². The van der Waals surface area contributed by atoms with Crippen LogP contribution in [0.3, 0.4) is 0 Å². The van der Waals surface area contributed by atoms with Crippen molar-refractivity contribution in [3.8, 4) is 34.3 Å². The monoisotopic (exact) mass is 667 g/mol. The lowest BCUT2D eigenvalue weighted by Crippen LogP contribution is -2.51. The van der Waals surface area contributed by atoms with Gasteiger partial charge in [-0.05, 0) is 92.4 Å². The standard InChI is InChI=1S/C37H45N7O5/c1-4-38-36(48)35-40-39-34(31-21-30(24(2)3)32(46)22-33(31)47)44(35)28-7-5-25(6-8-28)23-41-15-13-26(14-16-41)37(49)43-19-17-42(18-20-43)27-9-11-29(45)12-10-27/h5-12,21-22,24,26,45-47H,4,13-20,23H2,1-3H3,(H,38,48). The largest absolute Gasteiger partial charge is 0.508 e. The molecule has 12 nitrogen and oxygen atoms in total. The van der Waals surface area contributed by atoms with Gasteiger partial charge < -0.3 is 30.4 Å². The van der Waals surface area contributed by atoms with Crippen molar-refractivity contribution in [2.24, 2.45) is 5.92 Å². The fraction of sp³-hybridized carbons (Fsp3) is 0.405. The van der Waals surface area contributed by atoms with E-state index in [1.165, 1.54) is 6.07 Å². The molecule has 4 aromatic rings. The number of aromatic hydroxyl groups is 3. The summed E-state index contributed by atoms with van der Waals surface area (Å²) in [4.78, 5) is 33.0. The molecule has 3 heterocycles. The van der Waals surface area contributed by atoms with E-state index >= 15 is 0 Å². The first-order valence-corrected chi connectivity index (χ1v) is 17.1. The van der Waals surface area contributed by atoms with Gasteiger partial charge in [0.1, 0.15) is 17.2 Å². The van der Waals surface area contributed by atoms with Gasteiger partial charge in [0.2, 0.25) is 11.7 Å². The van der Waals surface area contributed by atoms with E-state index in [1.807, 2.05) is 62.1 Å². The van der Waals surface area contributed by atoms with Gasteiger partial charge in [-0.2, -0.15) is 0 Å². The van der Waals surface area contributed by atoms with E-state index in [4.69, 9.17) is 0 Å². The lowest BCUT2D eigenvalue weighted by molar-refractivity contribution is -0.137. The number of likely N-dealkylation sites (tertiary alicyclic amines) is 1. The van der Waals surface area contributed by atoms with Gasteiger partial charge in [-0.1, -0.05) is 26.0 Å². The molecule has 2 aliphatic rings. The molecule has 0 unspecified atom stereocenters. The third-order valence-corrected chi connectivity index (χ3v) is 9.56. The number of carbonyl (C=O) groups excluding carboxylic acids is 2. The highest BCUT2D eigenvalue weighted by Crippen LogP contribution is 2.38. The third kappa shape index (κ3) is 7.34. The number of hydrogen-bond acceptors (Lipinski definition) is 9. The van der Waals surface area contributed by atoms with Crippen molar-refractivity contribution >= 4 is 17.5 Å². The summed E-state index contributed by atoms with van der Waals surface area (Å²) in [6.45, 7) is 11.5. The van der Waals surface area contributed by atoms with Crippen molar-refractivity contribution < 1.29 is 24.9 Å². The number of anilines is 1. The van der Waals surface area contributed by atoms with Gasteiger partial charge in [0.25, 0.3) is 5.91 Å². The zero-order valence-corrected chi connectivity index (χ0v) is 28.3. The number of benzene rings is 3. The topological polar surface area (TPSA) is 147 Å². The molecule has 2 amide bonds. The van der Waals surface area contributed by atoms with Crippen LogP contribution in [0.4, 0.5) is 5.69 Å². The number of nitrogens with one attached hydrogen (secondary N) is 1. The highest BCUT2D eigenvalue weighted by atomic mass is 16.3. The van der Waals surface area contributed by atoms with Crippen LogP contribution >= 0.6 is 0 Å². The molecule has 0 aliphatic carbocycles. The van der Waals surface area contributed by atoms with Crippen LogP contribution in [0.1, 0.15) is 61.3 Å². The summed E-state index contributed by atoms with van der Waals surface area (Å²) in [5, 5.41) is 42.1. The van der Waals surface area contributed by atoms with Crippen molar-refractivity contribution in [2.75, 3.05) is 50.7 Å². The number of nitrogens with zero attached hydrogens (tertiary/aromatic N) is 6. The minimum absolute atomic E-state index is 0.00531.